The summed E-state index contributed by atoms with van der Waals surface area (Å²) in [5, 5.41) is 11.2. The Balaban J connectivity index is 1.99. The smallest absolute Gasteiger partial charge is 0.238 e. The van der Waals surface area contributed by atoms with Crippen LogP contribution >= 0.6 is 23.2 Å². The zero-order chi connectivity index (χ0) is 22.3. The number of amides is 2. The van der Waals surface area contributed by atoms with Crippen molar-refractivity contribution in [1.82, 2.24) is 4.90 Å². The lowest BCUT2D eigenvalue weighted by Crippen LogP contribution is -2.39. The van der Waals surface area contributed by atoms with E-state index in [1.165, 1.54) is 24.3 Å². The highest BCUT2D eigenvalue weighted by atomic mass is 35.5. The second kappa shape index (κ2) is 10.7. The minimum atomic E-state index is -3.88. The largest absolute Gasteiger partial charge is 0.325 e. The zero-order valence-electron chi connectivity index (χ0n) is 16.2. The van der Waals surface area contributed by atoms with Crippen LogP contribution in [0.25, 0.3) is 0 Å². The Hall–Kier alpha value is -2.17. The molecule has 2 aromatic carbocycles. The molecule has 0 aliphatic rings. The Morgan fingerprint density at radius 2 is 1.70 bits per heavy atom. The van der Waals surface area contributed by atoms with Crippen LogP contribution in [0.15, 0.2) is 47.4 Å². The molecule has 0 heterocycles. The van der Waals surface area contributed by atoms with Crippen molar-refractivity contribution >= 4 is 56.4 Å². The monoisotopic (exact) mass is 472 g/mol. The molecule has 4 N–H and O–H groups in total. The highest BCUT2D eigenvalue weighted by Gasteiger charge is 2.16. The summed E-state index contributed by atoms with van der Waals surface area (Å²) in [5.41, 5.74) is 0.715. The first-order valence-electron chi connectivity index (χ1n) is 8.98. The number of primary sulfonamides is 1. The van der Waals surface area contributed by atoms with Crippen LogP contribution < -0.4 is 15.8 Å². The summed E-state index contributed by atoms with van der Waals surface area (Å²) in [5.74, 6) is -0.732. The van der Waals surface area contributed by atoms with Gasteiger partial charge in [0.25, 0.3) is 0 Å². The predicted octanol–water partition coefficient (Wildman–Crippen LogP) is 2.93. The minimum Gasteiger partial charge on any atom is -0.325 e. The second-order valence-electron chi connectivity index (χ2n) is 6.50. The summed E-state index contributed by atoms with van der Waals surface area (Å²) < 4.78 is 22.9. The molecular formula is C19H22Cl2N4O4S. The fourth-order valence-electron chi connectivity index (χ4n) is 2.67. The van der Waals surface area contributed by atoms with E-state index in [1.807, 2.05) is 6.92 Å². The number of halogens is 2. The molecule has 0 saturated heterocycles. The molecule has 2 amide bonds. The van der Waals surface area contributed by atoms with Crippen LogP contribution in [0.5, 0.6) is 0 Å². The molecular weight excluding hydrogens is 451 g/mol. The molecule has 0 aliphatic heterocycles. The SMILES string of the molecule is CCCN(CC(=O)Nc1cccc(S(N)(=O)=O)c1)CC(=O)Nc1ccc(Cl)cc1Cl. The van der Waals surface area contributed by atoms with Crippen molar-refractivity contribution in [2.45, 2.75) is 18.2 Å². The summed E-state index contributed by atoms with van der Waals surface area (Å²) >= 11 is 11.9. The molecule has 0 unspecified atom stereocenters. The molecule has 11 heteroatoms. The van der Waals surface area contributed by atoms with Gasteiger partial charge in [-0.05, 0) is 49.4 Å². The first-order valence-corrected chi connectivity index (χ1v) is 11.3. The van der Waals surface area contributed by atoms with Gasteiger partial charge in [-0.3, -0.25) is 14.5 Å². The Morgan fingerprint density at radius 3 is 2.30 bits per heavy atom. The van der Waals surface area contributed by atoms with Crippen molar-refractivity contribution in [3.63, 3.8) is 0 Å². The molecule has 0 aromatic heterocycles. The van der Waals surface area contributed by atoms with E-state index in [4.69, 9.17) is 28.3 Å². The van der Waals surface area contributed by atoms with Gasteiger partial charge < -0.3 is 10.6 Å². The molecule has 2 aromatic rings. The normalized spacial score (nSPS) is 11.4. The van der Waals surface area contributed by atoms with Gasteiger partial charge in [0.1, 0.15) is 0 Å². The van der Waals surface area contributed by atoms with Crippen LogP contribution in [0.4, 0.5) is 11.4 Å². The summed E-state index contributed by atoms with van der Waals surface area (Å²) in [6, 6.07) is 10.3. The van der Waals surface area contributed by atoms with Gasteiger partial charge in [-0.15, -0.1) is 0 Å². The van der Waals surface area contributed by atoms with Crippen LogP contribution in [-0.4, -0.2) is 44.8 Å². The number of hydrogen-bond acceptors (Lipinski definition) is 5. The lowest BCUT2D eigenvalue weighted by atomic mass is 10.3. The van der Waals surface area contributed by atoms with Crippen molar-refractivity contribution in [1.29, 1.82) is 0 Å². The van der Waals surface area contributed by atoms with Crippen LogP contribution in [0.3, 0.4) is 0 Å². The maximum Gasteiger partial charge on any atom is 0.238 e. The number of nitrogens with two attached hydrogens (primary N) is 1. The van der Waals surface area contributed by atoms with Gasteiger partial charge in [-0.25, -0.2) is 13.6 Å². The second-order valence-corrected chi connectivity index (χ2v) is 8.91. The predicted molar refractivity (Wildman–Crippen MR) is 118 cm³/mol. The number of carbonyl (C=O) groups is 2. The van der Waals surface area contributed by atoms with Gasteiger partial charge in [0.05, 0.1) is 28.7 Å². The molecule has 2 rings (SSSR count). The third-order valence-electron chi connectivity index (χ3n) is 3.93. The van der Waals surface area contributed by atoms with E-state index >= 15 is 0 Å². The Kier molecular flexibility index (Phi) is 8.63. The van der Waals surface area contributed by atoms with Crippen molar-refractivity contribution in [3.05, 3.63) is 52.5 Å². The van der Waals surface area contributed by atoms with Gasteiger partial charge in [-0.1, -0.05) is 36.2 Å². The van der Waals surface area contributed by atoms with Gasteiger partial charge >= 0.3 is 0 Å². The summed E-state index contributed by atoms with van der Waals surface area (Å²) in [6.07, 6.45) is 0.725. The fraction of sp³-hybridized carbons (Fsp3) is 0.263. The first-order chi connectivity index (χ1) is 14.1. The molecule has 0 bridgehead atoms. The van der Waals surface area contributed by atoms with E-state index in [1.54, 1.807) is 23.1 Å². The number of hydrogen-bond donors (Lipinski definition) is 3. The number of nitrogens with one attached hydrogen (secondary N) is 2. The molecule has 0 spiro atoms. The molecule has 0 radical (unpaired) electrons. The fourth-order valence-corrected chi connectivity index (χ4v) is 3.68. The van der Waals surface area contributed by atoms with Crippen molar-refractivity contribution in [3.8, 4) is 0 Å². The topological polar surface area (TPSA) is 122 Å². The molecule has 0 saturated carbocycles. The van der Waals surface area contributed by atoms with Crippen LogP contribution in [0, 0.1) is 0 Å². The third-order valence-corrected chi connectivity index (χ3v) is 5.38. The molecule has 0 atom stereocenters. The average Bonchev–Trinajstić information content (AvgIpc) is 2.63. The van der Waals surface area contributed by atoms with Crippen LogP contribution in [0.1, 0.15) is 13.3 Å². The quantitative estimate of drug-likeness (QED) is 0.517. The molecule has 0 aliphatic carbocycles. The Bertz CT molecular complexity index is 1030. The number of nitrogens with zero attached hydrogens (tertiary/aromatic N) is 1. The zero-order valence-corrected chi connectivity index (χ0v) is 18.5. The standard InChI is InChI=1S/C19H22Cl2N4O4S/c1-2-8-25(12-19(27)24-17-7-6-13(20)9-16(17)21)11-18(26)23-14-4-3-5-15(10-14)30(22,28)29/h3-7,9-10H,2,8,11-12H2,1H3,(H,23,26)(H,24,27)(H2,22,28,29). The van der Waals surface area contributed by atoms with Crippen molar-refractivity contribution in [2.75, 3.05) is 30.3 Å². The molecule has 0 fully saturated rings. The number of anilines is 2. The number of sulfonamides is 1. The van der Waals surface area contributed by atoms with E-state index in [0.717, 1.165) is 6.42 Å². The van der Waals surface area contributed by atoms with Gasteiger partial charge in [0, 0.05) is 10.7 Å². The first kappa shape index (κ1) is 24.1. The Morgan fingerprint density at radius 1 is 1.03 bits per heavy atom. The van der Waals surface area contributed by atoms with E-state index in [-0.39, 0.29) is 23.9 Å². The van der Waals surface area contributed by atoms with E-state index < -0.39 is 15.9 Å². The van der Waals surface area contributed by atoms with Crippen molar-refractivity contribution < 1.29 is 18.0 Å². The van der Waals surface area contributed by atoms with Crippen LogP contribution in [-0.2, 0) is 19.6 Å². The number of rotatable bonds is 9. The van der Waals surface area contributed by atoms with E-state index in [0.29, 0.717) is 28.0 Å². The third kappa shape index (κ3) is 7.58. The molecule has 162 valence electrons. The van der Waals surface area contributed by atoms with E-state index in [9.17, 15) is 18.0 Å². The summed E-state index contributed by atoms with van der Waals surface area (Å²) in [7, 11) is -3.88. The minimum absolute atomic E-state index is 0.0303. The highest BCUT2D eigenvalue weighted by molar-refractivity contribution is 7.89. The lowest BCUT2D eigenvalue weighted by Gasteiger charge is -2.21. The maximum absolute atomic E-state index is 12.4. The number of carbonyl (C=O) groups excluding carboxylic acids is 2. The van der Waals surface area contributed by atoms with Gasteiger partial charge in [0.15, 0.2) is 0 Å². The van der Waals surface area contributed by atoms with Crippen molar-refractivity contribution in [2.24, 2.45) is 5.14 Å². The van der Waals surface area contributed by atoms with Gasteiger partial charge in [-0.2, -0.15) is 0 Å². The highest BCUT2D eigenvalue weighted by Crippen LogP contribution is 2.25. The Labute approximate surface area is 185 Å². The van der Waals surface area contributed by atoms with Gasteiger partial charge in [0.2, 0.25) is 21.8 Å². The molecule has 30 heavy (non-hydrogen) atoms. The summed E-state index contributed by atoms with van der Waals surface area (Å²) in [6.45, 7) is 2.34. The summed E-state index contributed by atoms with van der Waals surface area (Å²) in [4.78, 5) is 26.3. The molecule has 8 nitrogen and oxygen atoms in total. The average molecular weight is 473 g/mol. The number of benzene rings is 2. The lowest BCUT2D eigenvalue weighted by molar-refractivity contribution is -0.120. The maximum atomic E-state index is 12.4. The van der Waals surface area contributed by atoms with Crippen LogP contribution in [0.2, 0.25) is 10.0 Å². The van der Waals surface area contributed by atoms with E-state index in [2.05, 4.69) is 10.6 Å².